The number of benzene rings is 1. The van der Waals surface area contributed by atoms with Gasteiger partial charge in [-0.15, -0.1) is 0 Å². The largest absolute Gasteiger partial charge is 0.455 e. The zero-order valence-corrected chi connectivity index (χ0v) is 23.5. The molecule has 202 valence electrons. The van der Waals surface area contributed by atoms with E-state index < -0.39 is 70.6 Å². The summed E-state index contributed by atoms with van der Waals surface area (Å²) in [7, 11) is 0. The summed E-state index contributed by atoms with van der Waals surface area (Å²) in [5.74, 6) is -1.67. The Kier molecular flexibility index (Phi) is 9.64. The number of hydrogen-bond acceptors (Lipinski definition) is 9. The number of carbonyl (C=O) groups is 3. The summed E-state index contributed by atoms with van der Waals surface area (Å²) in [4.78, 5) is 39.7. The highest BCUT2D eigenvalue weighted by atomic mass is 32.2. The SMILES string of the molecule is CC(C)(C)C(=O)O[C@@H]1[C@@H](OC(=O)C(C)(C)C)[C@H](Sc2ccccc2)O[C@H](CO)[C@H]1OC(=O)C(C)(C)C. The van der Waals surface area contributed by atoms with Crippen molar-refractivity contribution in [3.8, 4) is 0 Å². The molecule has 0 spiro atoms. The number of aliphatic hydroxyl groups is 1. The highest BCUT2D eigenvalue weighted by Crippen LogP contribution is 2.39. The normalized spacial score (nSPS) is 25.1. The Morgan fingerprint density at radius 1 is 0.750 bits per heavy atom. The minimum atomic E-state index is -1.21. The first-order valence-electron chi connectivity index (χ1n) is 12.1. The summed E-state index contributed by atoms with van der Waals surface area (Å²) in [6, 6.07) is 9.32. The number of rotatable bonds is 6. The van der Waals surface area contributed by atoms with Crippen molar-refractivity contribution in [2.45, 2.75) is 97.1 Å². The van der Waals surface area contributed by atoms with E-state index in [0.717, 1.165) is 4.90 Å². The van der Waals surface area contributed by atoms with Crippen molar-refractivity contribution in [3.63, 3.8) is 0 Å². The van der Waals surface area contributed by atoms with E-state index in [1.165, 1.54) is 11.8 Å². The average Bonchev–Trinajstić information content (AvgIpc) is 2.75. The lowest BCUT2D eigenvalue weighted by atomic mass is 9.93. The summed E-state index contributed by atoms with van der Waals surface area (Å²) < 4.78 is 23.8. The first-order chi connectivity index (χ1) is 16.4. The molecule has 1 aromatic carbocycles. The van der Waals surface area contributed by atoms with Gasteiger partial charge >= 0.3 is 17.9 Å². The van der Waals surface area contributed by atoms with Gasteiger partial charge in [-0.25, -0.2) is 0 Å². The third-order valence-electron chi connectivity index (χ3n) is 5.33. The van der Waals surface area contributed by atoms with Gasteiger partial charge in [-0.05, 0) is 74.4 Å². The topological polar surface area (TPSA) is 108 Å². The third-order valence-corrected chi connectivity index (χ3v) is 6.49. The van der Waals surface area contributed by atoms with Gasteiger partial charge in [0.25, 0.3) is 0 Å². The molecular formula is C27H40O8S. The highest BCUT2D eigenvalue weighted by Gasteiger charge is 2.54. The lowest BCUT2D eigenvalue weighted by Crippen LogP contribution is -2.62. The third kappa shape index (κ3) is 7.95. The summed E-state index contributed by atoms with van der Waals surface area (Å²) in [6.45, 7) is 14.8. The Morgan fingerprint density at radius 3 is 1.58 bits per heavy atom. The minimum Gasteiger partial charge on any atom is -0.455 e. The predicted molar refractivity (Wildman–Crippen MR) is 136 cm³/mol. The van der Waals surface area contributed by atoms with Crippen molar-refractivity contribution in [2.75, 3.05) is 6.61 Å². The number of esters is 3. The summed E-state index contributed by atoms with van der Waals surface area (Å²) in [5.41, 5.74) is -3.46. The van der Waals surface area contributed by atoms with Crippen molar-refractivity contribution in [3.05, 3.63) is 30.3 Å². The molecule has 0 aromatic heterocycles. The van der Waals surface area contributed by atoms with Crippen LogP contribution in [0, 0.1) is 16.2 Å². The molecule has 1 aliphatic heterocycles. The predicted octanol–water partition coefficient (Wildman–Crippen LogP) is 4.37. The number of ether oxygens (including phenoxy) is 4. The highest BCUT2D eigenvalue weighted by molar-refractivity contribution is 7.99. The van der Waals surface area contributed by atoms with Gasteiger partial charge in [0.15, 0.2) is 18.3 Å². The van der Waals surface area contributed by atoms with Gasteiger partial charge < -0.3 is 24.1 Å². The van der Waals surface area contributed by atoms with Crippen molar-refractivity contribution < 1.29 is 38.4 Å². The Morgan fingerprint density at radius 2 is 1.17 bits per heavy atom. The van der Waals surface area contributed by atoms with Crippen LogP contribution in [-0.4, -0.2) is 59.5 Å². The molecule has 8 nitrogen and oxygen atoms in total. The van der Waals surface area contributed by atoms with Crippen LogP contribution in [0.3, 0.4) is 0 Å². The zero-order chi connectivity index (χ0) is 27.5. The van der Waals surface area contributed by atoms with Crippen LogP contribution < -0.4 is 0 Å². The van der Waals surface area contributed by atoms with Crippen molar-refractivity contribution >= 4 is 29.7 Å². The Balaban J connectivity index is 2.58. The quantitative estimate of drug-likeness (QED) is 0.429. The Labute approximate surface area is 218 Å². The van der Waals surface area contributed by atoms with E-state index in [4.69, 9.17) is 18.9 Å². The molecule has 5 atom stereocenters. The molecule has 1 aromatic rings. The lowest BCUT2D eigenvalue weighted by molar-refractivity contribution is -0.244. The maximum atomic E-state index is 13.0. The Hall–Kier alpha value is -2.10. The van der Waals surface area contributed by atoms with Crippen LogP contribution in [0.25, 0.3) is 0 Å². The number of thioether (sulfide) groups is 1. The van der Waals surface area contributed by atoms with Crippen LogP contribution in [0.5, 0.6) is 0 Å². The lowest BCUT2D eigenvalue weighted by Gasteiger charge is -2.45. The van der Waals surface area contributed by atoms with Gasteiger partial charge in [0, 0.05) is 4.90 Å². The molecule has 2 rings (SSSR count). The monoisotopic (exact) mass is 524 g/mol. The molecule has 0 radical (unpaired) electrons. The molecule has 0 unspecified atom stereocenters. The molecule has 0 aliphatic carbocycles. The van der Waals surface area contributed by atoms with E-state index in [9.17, 15) is 19.5 Å². The first-order valence-corrected chi connectivity index (χ1v) is 12.9. The number of carbonyl (C=O) groups excluding carboxylic acids is 3. The molecule has 0 bridgehead atoms. The van der Waals surface area contributed by atoms with Crippen LogP contribution in [0.4, 0.5) is 0 Å². The van der Waals surface area contributed by atoms with Gasteiger partial charge in [0.2, 0.25) is 0 Å². The van der Waals surface area contributed by atoms with Crippen molar-refractivity contribution in [2.24, 2.45) is 16.2 Å². The van der Waals surface area contributed by atoms with E-state index in [1.54, 1.807) is 62.3 Å². The van der Waals surface area contributed by atoms with Gasteiger partial charge in [0.05, 0.1) is 22.9 Å². The molecule has 1 fully saturated rings. The molecule has 0 amide bonds. The van der Waals surface area contributed by atoms with Crippen molar-refractivity contribution in [1.29, 1.82) is 0 Å². The maximum absolute atomic E-state index is 13.0. The average molecular weight is 525 g/mol. The molecule has 1 saturated heterocycles. The second kappa shape index (κ2) is 11.5. The fourth-order valence-electron chi connectivity index (χ4n) is 3.06. The van der Waals surface area contributed by atoms with E-state index in [2.05, 4.69) is 0 Å². The van der Waals surface area contributed by atoms with Gasteiger partial charge in [-0.2, -0.15) is 0 Å². The van der Waals surface area contributed by atoms with E-state index >= 15 is 0 Å². The maximum Gasteiger partial charge on any atom is 0.311 e. The first kappa shape index (κ1) is 30.1. The van der Waals surface area contributed by atoms with Crippen molar-refractivity contribution in [1.82, 2.24) is 0 Å². The van der Waals surface area contributed by atoms with Crippen LogP contribution in [0.2, 0.25) is 0 Å². The molecule has 36 heavy (non-hydrogen) atoms. The standard InChI is InChI=1S/C27H40O8S/c1-25(2,3)22(29)33-18-17(15-28)32-21(36-16-13-11-10-12-14-16)20(35-24(31)27(7,8)9)19(18)34-23(30)26(4,5)6/h10-14,17-21,28H,15H2,1-9H3/t17-,18-,19+,20-,21+/m1/s1. The van der Waals surface area contributed by atoms with Gasteiger partial charge in [0.1, 0.15) is 11.5 Å². The number of aliphatic hydroxyl groups excluding tert-OH is 1. The molecule has 0 saturated carbocycles. The molecule has 1 N–H and O–H groups in total. The van der Waals surface area contributed by atoms with Crippen LogP contribution in [0.1, 0.15) is 62.3 Å². The zero-order valence-electron chi connectivity index (χ0n) is 22.7. The summed E-state index contributed by atoms with van der Waals surface area (Å²) in [6.07, 6.45) is -4.53. The van der Waals surface area contributed by atoms with Crippen LogP contribution >= 0.6 is 11.8 Å². The minimum absolute atomic E-state index is 0.503. The van der Waals surface area contributed by atoms with E-state index in [-0.39, 0.29) is 0 Å². The summed E-state index contributed by atoms with van der Waals surface area (Å²) >= 11 is 1.27. The van der Waals surface area contributed by atoms with E-state index in [0.29, 0.717) is 0 Å². The van der Waals surface area contributed by atoms with Gasteiger partial charge in [-0.3, -0.25) is 14.4 Å². The Bertz CT molecular complexity index is 910. The van der Waals surface area contributed by atoms with Crippen LogP contribution in [0.15, 0.2) is 35.2 Å². The summed E-state index contributed by atoms with van der Waals surface area (Å²) in [5, 5.41) is 10.2. The molecular weight excluding hydrogens is 484 g/mol. The smallest absolute Gasteiger partial charge is 0.311 e. The second-order valence-corrected chi connectivity index (χ2v) is 13.2. The van der Waals surface area contributed by atoms with Crippen LogP contribution in [-0.2, 0) is 33.3 Å². The fourth-order valence-corrected chi connectivity index (χ4v) is 4.18. The fraction of sp³-hybridized carbons (Fsp3) is 0.667. The molecule has 1 aliphatic rings. The molecule has 1 heterocycles. The second-order valence-electron chi connectivity index (χ2n) is 12.0. The van der Waals surface area contributed by atoms with E-state index in [1.807, 2.05) is 30.3 Å². The van der Waals surface area contributed by atoms with Gasteiger partial charge in [-0.1, -0.05) is 30.0 Å². The number of hydrogen-bond donors (Lipinski definition) is 1. The molecule has 9 heteroatoms.